The summed E-state index contributed by atoms with van der Waals surface area (Å²) in [7, 11) is 1.68. The van der Waals surface area contributed by atoms with Crippen LogP contribution in [0.5, 0.6) is 0 Å². The van der Waals surface area contributed by atoms with Gasteiger partial charge >= 0.3 is 5.97 Å². The minimum Gasteiger partial charge on any atom is -0.462 e. The Morgan fingerprint density at radius 3 is 2.64 bits per heavy atom. The van der Waals surface area contributed by atoms with Crippen LogP contribution >= 0.6 is 11.3 Å². The summed E-state index contributed by atoms with van der Waals surface area (Å²) in [5.41, 5.74) is 1.67. The zero-order valence-corrected chi connectivity index (χ0v) is 14.5. The molecule has 1 aromatic carbocycles. The van der Waals surface area contributed by atoms with E-state index in [1.807, 2.05) is 30.3 Å². The van der Waals surface area contributed by atoms with E-state index >= 15 is 0 Å². The molecule has 2 heterocycles. The van der Waals surface area contributed by atoms with Gasteiger partial charge in [0.15, 0.2) is 5.13 Å². The summed E-state index contributed by atoms with van der Waals surface area (Å²) >= 11 is 1.09. The Balaban J connectivity index is 1.94. The highest BCUT2D eigenvalue weighted by molar-refractivity contribution is 7.18. The fraction of sp³-hybridized carbons (Fsp3) is 0.176. The third-order valence-corrected chi connectivity index (χ3v) is 4.36. The Kier molecular flexibility index (Phi) is 4.90. The first-order valence-corrected chi connectivity index (χ1v) is 8.44. The number of nitrogens with zero attached hydrogens (tertiary/aromatic N) is 3. The van der Waals surface area contributed by atoms with Crippen LogP contribution in [0.15, 0.2) is 42.6 Å². The molecule has 0 unspecified atom stereocenters. The molecule has 0 saturated carbocycles. The van der Waals surface area contributed by atoms with Gasteiger partial charge in [-0.25, -0.2) is 9.78 Å². The number of nitrogens with one attached hydrogen (secondary N) is 1. The van der Waals surface area contributed by atoms with Gasteiger partial charge in [0.25, 0.3) is 5.91 Å². The van der Waals surface area contributed by atoms with E-state index in [4.69, 9.17) is 4.74 Å². The van der Waals surface area contributed by atoms with Gasteiger partial charge in [-0.15, -0.1) is 0 Å². The lowest BCUT2D eigenvalue weighted by Crippen LogP contribution is -2.15. The third-order valence-electron chi connectivity index (χ3n) is 3.41. The Morgan fingerprint density at radius 1 is 1.24 bits per heavy atom. The molecule has 0 aliphatic carbocycles. The highest BCUT2D eigenvalue weighted by Crippen LogP contribution is 2.32. The second-order valence-electron chi connectivity index (χ2n) is 5.08. The molecule has 0 atom stereocenters. The van der Waals surface area contributed by atoms with Crippen molar-refractivity contribution in [3.8, 4) is 11.3 Å². The Hall–Kier alpha value is -3.00. The molecule has 0 fully saturated rings. The molecule has 1 N–H and O–H groups in total. The molecule has 25 heavy (non-hydrogen) atoms. The van der Waals surface area contributed by atoms with Gasteiger partial charge in [-0.2, -0.15) is 5.10 Å². The highest BCUT2D eigenvalue weighted by atomic mass is 32.1. The SMILES string of the molecule is CCOC(=O)c1sc(NC(=O)c2ccnn2C)nc1-c1ccccc1. The summed E-state index contributed by atoms with van der Waals surface area (Å²) in [6, 6.07) is 10.9. The van der Waals surface area contributed by atoms with Crippen LogP contribution in [0.4, 0.5) is 5.13 Å². The molecule has 0 aliphatic heterocycles. The molecule has 0 spiro atoms. The number of carbonyl (C=O) groups excluding carboxylic acids is 2. The van der Waals surface area contributed by atoms with E-state index in [9.17, 15) is 9.59 Å². The van der Waals surface area contributed by atoms with E-state index in [2.05, 4.69) is 15.4 Å². The van der Waals surface area contributed by atoms with Crippen LogP contribution in [-0.2, 0) is 11.8 Å². The average Bonchev–Trinajstić information content (AvgIpc) is 3.22. The van der Waals surface area contributed by atoms with Gasteiger partial charge in [0.1, 0.15) is 10.6 Å². The maximum Gasteiger partial charge on any atom is 0.350 e. The van der Waals surface area contributed by atoms with E-state index in [0.29, 0.717) is 21.4 Å². The number of amides is 1. The van der Waals surface area contributed by atoms with E-state index in [-0.39, 0.29) is 12.5 Å². The fourth-order valence-electron chi connectivity index (χ4n) is 2.26. The lowest BCUT2D eigenvalue weighted by Gasteiger charge is -2.01. The minimum atomic E-state index is -0.458. The van der Waals surface area contributed by atoms with Crippen molar-refractivity contribution in [3.05, 3.63) is 53.2 Å². The number of hydrogen-bond donors (Lipinski definition) is 1. The zero-order valence-electron chi connectivity index (χ0n) is 13.7. The predicted octanol–water partition coefficient (Wildman–Crippen LogP) is 2.97. The lowest BCUT2D eigenvalue weighted by atomic mass is 10.1. The maximum absolute atomic E-state index is 12.3. The lowest BCUT2D eigenvalue weighted by molar-refractivity contribution is 0.0532. The Morgan fingerprint density at radius 2 is 2.00 bits per heavy atom. The van der Waals surface area contributed by atoms with E-state index in [1.165, 1.54) is 10.9 Å². The maximum atomic E-state index is 12.3. The first kappa shape index (κ1) is 16.8. The summed E-state index contributed by atoms with van der Waals surface area (Å²) in [6.45, 7) is 2.01. The number of hydrogen-bond acceptors (Lipinski definition) is 6. The number of thiazole rings is 1. The molecular formula is C17H16N4O3S. The number of benzene rings is 1. The van der Waals surface area contributed by atoms with Gasteiger partial charge in [0, 0.05) is 18.8 Å². The van der Waals surface area contributed by atoms with Crippen molar-refractivity contribution in [1.82, 2.24) is 14.8 Å². The van der Waals surface area contributed by atoms with Gasteiger partial charge < -0.3 is 4.74 Å². The molecule has 3 aromatic rings. The molecule has 3 rings (SSSR count). The summed E-state index contributed by atoms with van der Waals surface area (Å²) in [6.07, 6.45) is 1.54. The van der Waals surface area contributed by atoms with Crippen LogP contribution in [0.1, 0.15) is 27.1 Å². The van der Waals surface area contributed by atoms with E-state index in [0.717, 1.165) is 16.9 Å². The fourth-order valence-corrected chi connectivity index (χ4v) is 3.13. The van der Waals surface area contributed by atoms with Crippen LogP contribution in [0.25, 0.3) is 11.3 Å². The van der Waals surface area contributed by atoms with Crippen molar-refractivity contribution in [2.75, 3.05) is 11.9 Å². The second-order valence-corrected chi connectivity index (χ2v) is 6.08. The number of carbonyl (C=O) groups is 2. The molecule has 2 aromatic heterocycles. The number of esters is 1. The first-order chi connectivity index (χ1) is 12.1. The summed E-state index contributed by atoms with van der Waals surface area (Å²) in [5, 5.41) is 7.01. The van der Waals surface area contributed by atoms with Gasteiger partial charge in [-0.1, -0.05) is 41.7 Å². The van der Waals surface area contributed by atoms with Crippen molar-refractivity contribution in [1.29, 1.82) is 0 Å². The van der Waals surface area contributed by atoms with E-state index in [1.54, 1.807) is 20.0 Å². The molecule has 7 nitrogen and oxygen atoms in total. The largest absolute Gasteiger partial charge is 0.462 e. The Bertz CT molecular complexity index is 902. The second kappa shape index (κ2) is 7.27. The third kappa shape index (κ3) is 3.58. The molecule has 1 amide bonds. The summed E-state index contributed by atoms with van der Waals surface area (Å²) in [4.78, 5) is 29.3. The first-order valence-electron chi connectivity index (χ1n) is 7.63. The topological polar surface area (TPSA) is 86.1 Å². The molecule has 0 radical (unpaired) electrons. The van der Waals surface area contributed by atoms with Crippen molar-refractivity contribution < 1.29 is 14.3 Å². The number of ether oxygens (including phenoxy) is 1. The number of anilines is 1. The molecule has 128 valence electrons. The van der Waals surface area contributed by atoms with Crippen LogP contribution in [0, 0.1) is 0 Å². The highest BCUT2D eigenvalue weighted by Gasteiger charge is 2.22. The van der Waals surface area contributed by atoms with Crippen molar-refractivity contribution in [3.63, 3.8) is 0 Å². The van der Waals surface area contributed by atoms with Crippen LogP contribution in [-0.4, -0.2) is 33.2 Å². The normalized spacial score (nSPS) is 10.5. The Labute approximate surface area is 148 Å². The monoisotopic (exact) mass is 356 g/mol. The molecule has 0 aliphatic rings. The summed E-state index contributed by atoms with van der Waals surface area (Å²) in [5.74, 6) is -0.802. The smallest absolute Gasteiger partial charge is 0.350 e. The van der Waals surface area contributed by atoms with Gasteiger partial charge in [-0.3, -0.25) is 14.8 Å². The van der Waals surface area contributed by atoms with Gasteiger partial charge in [-0.05, 0) is 13.0 Å². The number of aryl methyl sites for hydroxylation is 1. The predicted molar refractivity (Wildman–Crippen MR) is 94.7 cm³/mol. The molecule has 0 saturated heterocycles. The summed E-state index contributed by atoms with van der Waals surface area (Å²) < 4.78 is 6.57. The molecular weight excluding hydrogens is 340 g/mol. The van der Waals surface area contributed by atoms with E-state index < -0.39 is 5.97 Å². The number of rotatable bonds is 5. The zero-order chi connectivity index (χ0) is 17.8. The van der Waals surface area contributed by atoms with Crippen LogP contribution in [0.2, 0.25) is 0 Å². The molecule has 8 heteroatoms. The van der Waals surface area contributed by atoms with Crippen molar-refractivity contribution >= 4 is 28.3 Å². The van der Waals surface area contributed by atoms with Crippen LogP contribution < -0.4 is 5.32 Å². The van der Waals surface area contributed by atoms with Crippen LogP contribution in [0.3, 0.4) is 0 Å². The number of aromatic nitrogens is 3. The standard InChI is InChI=1S/C17H16N4O3S/c1-3-24-16(23)14-13(11-7-5-4-6-8-11)19-17(25-14)20-15(22)12-9-10-18-21(12)2/h4-10H,3H2,1-2H3,(H,19,20,22). The average molecular weight is 356 g/mol. The molecule has 0 bridgehead atoms. The van der Waals surface area contributed by atoms with Gasteiger partial charge in [0.2, 0.25) is 0 Å². The van der Waals surface area contributed by atoms with Crippen molar-refractivity contribution in [2.45, 2.75) is 6.92 Å². The van der Waals surface area contributed by atoms with Gasteiger partial charge in [0.05, 0.1) is 12.3 Å². The quantitative estimate of drug-likeness (QED) is 0.710. The minimum absolute atomic E-state index is 0.266. The van der Waals surface area contributed by atoms with Crippen molar-refractivity contribution in [2.24, 2.45) is 7.05 Å².